The maximum absolute atomic E-state index is 11.9. The van der Waals surface area contributed by atoms with Crippen molar-refractivity contribution in [3.05, 3.63) is 47.5 Å². The van der Waals surface area contributed by atoms with Gasteiger partial charge in [-0.15, -0.1) is 0 Å². The smallest absolute Gasteiger partial charge is 0.344 e. The van der Waals surface area contributed by atoms with Gasteiger partial charge in [0.15, 0.2) is 24.7 Å². The third kappa shape index (κ3) is 5.91. The Morgan fingerprint density at radius 1 is 0.889 bits per heavy atom. The second-order valence-electron chi connectivity index (χ2n) is 5.84. The molecule has 0 unspecified atom stereocenters. The summed E-state index contributed by atoms with van der Waals surface area (Å²) in [5.41, 5.74) is 2.53. The molecule has 7 nitrogen and oxygen atoms in total. The number of carbonyl (C=O) groups excluding carboxylic acids is 2. The molecule has 0 aliphatic heterocycles. The van der Waals surface area contributed by atoms with E-state index in [1.807, 2.05) is 26.0 Å². The van der Waals surface area contributed by atoms with Gasteiger partial charge in [0, 0.05) is 11.8 Å². The van der Waals surface area contributed by atoms with Crippen molar-refractivity contribution in [3.8, 4) is 17.2 Å². The molecule has 0 saturated carbocycles. The predicted octanol–water partition coefficient (Wildman–Crippen LogP) is 2.88. The van der Waals surface area contributed by atoms with Crippen molar-refractivity contribution < 1.29 is 28.5 Å². The number of hydrogen-bond donors (Lipinski definition) is 1. The summed E-state index contributed by atoms with van der Waals surface area (Å²) >= 11 is 0. The van der Waals surface area contributed by atoms with Gasteiger partial charge in [-0.05, 0) is 37.6 Å². The van der Waals surface area contributed by atoms with E-state index in [2.05, 4.69) is 5.32 Å². The molecule has 2 rings (SSSR count). The monoisotopic (exact) mass is 373 g/mol. The Balaban J connectivity index is 1.80. The van der Waals surface area contributed by atoms with E-state index in [0.717, 1.165) is 11.1 Å². The van der Waals surface area contributed by atoms with Gasteiger partial charge in [0.1, 0.15) is 5.75 Å². The van der Waals surface area contributed by atoms with Crippen LogP contribution >= 0.6 is 0 Å². The first kappa shape index (κ1) is 20.1. The lowest BCUT2D eigenvalue weighted by atomic mass is 10.1. The zero-order valence-corrected chi connectivity index (χ0v) is 15.8. The largest absolute Gasteiger partial charge is 0.493 e. The first-order valence-electron chi connectivity index (χ1n) is 8.30. The molecule has 0 fully saturated rings. The van der Waals surface area contributed by atoms with Gasteiger partial charge < -0.3 is 24.3 Å². The lowest BCUT2D eigenvalue weighted by molar-refractivity contribution is -0.149. The van der Waals surface area contributed by atoms with Gasteiger partial charge in [-0.25, -0.2) is 4.79 Å². The Hall–Kier alpha value is -3.22. The fourth-order valence-corrected chi connectivity index (χ4v) is 2.40. The van der Waals surface area contributed by atoms with Gasteiger partial charge in [0.2, 0.25) is 0 Å². The van der Waals surface area contributed by atoms with Crippen LogP contribution < -0.4 is 19.5 Å². The summed E-state index contributed by atoms with van der Waals surface area (Å²) in [5, 5.41) is 2.62. The van der Waals surface area contributed by atoms with Crippen molar-refractivity contribution in [2.24, 2.45) is 0 Å². The normalized spacial score (nSPS) is 10.1. The molecule has 144 valence electrons. The van der Waals surface area contributed by atoms with E-state index in [1.54, 1.807) is 24.3 Å². The molecular weight excluding hydrogens is 350 g/mol. The maximum Gasteiger partial charge on any atom is 0.344 e. The number of methoxy groups -OCH3 is 2. The summed E-state index contributed by atoms with van der Waals surface area (Å²) in [6.45, 7) is 3.18. The van der Waals surface area contributed by atoms with Gasteiger partial charge in [-0.3, -0.25) is 4.79 Å². The van der Waals surface area contributed by atoms with Crippen LogP contribution in [-0.4, -0.2) is 39.3 Å². The molecule has 0 bridgehead atoms. The number of nitrogens with one attached hydrogen (secondary N) is 1. The average Bonchev–Trinajstić information content (AvgIpc) is 2.65. The minimum Gasteiger partial charge on any atom is -0.493 e. The van der Waals surface area contributed by atoms with Crippen molar-refractivity contribution in [3.63, 3.8) is 0 Å². The molecule has 0 aliphatic rings. The van der Waals surface area contributed by atoms with Crippen molar-refractivity contribution >= 4 is 17.6 Å². The maximum atomic E-state index is 11.9. The second-order valence-corrected chi connectivity index (χ2v) is 5.84. The van der Waals surface area contributed by atoms with E-state index in [1.165, 1.54) is 14.2 Å². The Morgan fingerprint density at radius 3 is 2.26 bits per heavy atom. The van der Waals surface area contributed by atoms with Gasteiger partial charge in [0.25, 0.3) is 5.91 Å². The molecular formula is C20H23NO6. The number of aryl methyl sites for hydroxylation is 2. The summed E-state index contributed by atoms with van der Waals surface area (Å²) in [7, 11) is 3.02. The molecule has 27 heavy (non-hydrogen) atoms. The number of amides is 1. The summed E-state index contributed by atoms with van der Waals surface area (Å²) in [5.74, 6) is 0.534. The van der Waals surface area contributed by atoms with Gasteiger partial charge in [0.05, 0.1) is 14.2 Å². The van der Waals surface area contributed by atoms with Crippen molar-refractivity contribution in [1.82, 2.24) is 0 Å². The predicted molar refractivity (Wildman–Crippen MR) is 101 cm³/mol. The molecule has 7 heteroatoms. The van der Waals surface area contributed by atoms with Gasteiger partial charge >= 0.3 is 5.97 Å². The highest BCUT2D eigenvalue weighted by atomic mass is 16.6. The van der Waals surface area contributed by atoms with E-state index in [-0.39, 0.29) is 6.61 Å². The van der Waals surface area contributed by atoms with E-state index in [0.29, 0.717) is 22.9 Å². The minimum absolute atomic E-state index is 0.270. The Kier molecular flexibility index (Phi) is 7.05. The third-order valence-electron chi connectivity index (χ3n) is 3.71. The third-order valence-corrected chi connectivity index (χ3v) is 3.71. The van der Waals surface area contributed by atoms with Crippen LogP contribution in [0.3, 0.4) is 0 Å². The summed E-state index contributed by atoms with van der Waals surface area (Å²) < 4.78 is 20.7. The standard InChI is InChI=1S/C20H23NO6/c1-13-5-7-16(14(2)9-13)26-12-20(23)27-11-19(22)21-15-6-8-17(24-3)18(10-15)25-4/h5-10H,11-12H2,1-4H3,(H,21,22). The average molecular weight is 373 g/mol. The number of ether oxygens (including phenoxy) is 4. The van der Waals surface area contributed by atoms with Crippen molar-refractivity contribution in [2.45, 2.75) is 13.8 Å². The van der Waals surface area contributed by atoms with E-state index >= 15 is 0 Å². The fourth-order valence-electron chi connectivity index (χ4n) is 2.40. The lowest BCUT2D eigenvalue weighted by Crippen LogP contribution is -2.23. The molecule has 0 saturated heterocycles. The second kappa shape index (κ2) is 9.47. The van der Waals surface area contributed by atoms with Crippen LogP contribution in [-0.2, 0) is 14.3 Å². The molecule has 0 radical (unpaired) electrons. The van der Waals surface area contributed by atoms with Crippen LogP contribution in [0.5, 0.6) is 17.2 Å². The summed E-state index contributed by atoms with van der Waals surface area (Å²) in [6.07, 6.45) is 0. The number of anilines is 1. The zero-order chi connectivity index (χ0) is 19.8. The molecule has 0 aliphatic carbocycles. The number of benzene rings is 2. The Morgan fingerprint density at radius 2 is 1.59 bits per heavy atom. The first-order valence-corrected chi connectivity index (χ1v) is 8.30. The molecule has 1 N–H and O–H groups in total. The number of rotatable bonds is 8. The highest BCUT2D eigenvalue weighted by Gasteiger charge is 2.11. The molecule has 0 atom stereocenters. The van der Waals surface area contributed by atoms with E-state index < -0.39 is 18.5 Å². The minimum atomic E-state index is -0.627. The van der Waals surface area contributed by atoms with Crippen LogP contribution in [0.15, 0.2) is 36.4 Å². The number of esters is 1. The quantitative estimate of drug-likeness (QED) is 0.717. The molecule has 0 heterocycles. The summed E-state index contributed by atoms with van der Waals surface area (Å²) in [4.78, 5) is 23.7. The first-order chi connectivity index (χ1) is 12.9. The fraction of sp³-hybridized carbons (Fsp3) is 0.300. The van der Waals surface area contributed by atoms with Crippen LogP contribution in [0.4, 0.5) is 5.69 Å². The van der Waals surface area contributed by atoms with Gasteiger partial charge in [-0.2, -0.15) is 0 Å². The molecule has 0 aromatic heterocycles. The van der Waals surface area contributed by atoms with Crippen LogP contribution in [0.1, 0.15) is 11.1 Å². The number of hydrogen-bond acceptors (Lipinski definition) is 6. The van der Waals surface area contributed by atoms with Crippen LogP contribution in [0, 0.1) is 13.8 Å². The summed E-state index contributed by atoms with van der Waals surface area (Å²) in [6, 6.07) is 10.6. The highest BCUT2D eigenvalue weighted by molar-refractivity contribution is 5.93. The lowest BCUT2D eigenvalue weighted by Gasteiger charge is -2.11. The van der Waals surface area contributed by atoms with E-state index in [4.69, 9.17) is 18.9 Å². The van der Waals surface area contributed by atoms with Crippen LogP contribution in [0.2, 0.25) is 0 Å². The molecule has 2 aromatic carbocycles. The van der Waals surface area contributed by atoms with Crippen LogP contribution in [0.25, 0.3) is 0 Å². The topological polar surface area (TPSA) is 83.1 Å². The molecule has 2 aromatic rings. The Bertz CT molecular complexity index is 818. The highest BCUT2D eigenvalue weighted by Crippen LogP contribution is 2.29. The number of carbonyl (C=O) groups is 2. The zero-order valence-electron chi connectivity index (χ0n) is 15.8. The van der Waals surface area contributed by atoms with Crippen molar-refractivity contribution in [1.29, 1.82) is 0 Å². The van der Waals surface area contributed by atoms with Gasteiger partial charge in [-0.1, -0.05) is 17.7 Å². The molecule has 1 amide bonds. The Labute approximate surface area is 158 Å². The molecule has 0 spiro atoms. The SMILES string of the molecule is COc1ccc(NC(=O)COC(=O)COc2ccc(C)cc2C)cc1OC. The van der Waals surface area contributed by atoms with E-state index in [9.17, 15) is 9.59 Å². The van der Waals surface area contributed by atoms with Crippen molar-refractivity contribution in [2.75, 3.05) is 32.8 Å².